The van der Waals surface area contributed by atoms with Gasteiger partial charge in [-0.05, 0) is 32.7 Å². The third kappa shape index (κ3) is 2.46. The van der Waals surface area contributed by atoms with E-state index in [-0.39, 0.29) is 0 Å². The molecule has 2 saturated carbocycles. The molecule has 14 heavy (non-hydrogen) atoms. The van der Waals surface area contributed by atoms with E-state index in [9.17, 15) is 0 Å². The predicted octanol–water partition coefficient (Wildman–Crippen LogP) is 3.19. The molecule has 0 aromatic carbocycles. The van der Waals surface area contributed by atoms with Crippen LogP contribution in [0.3, 0.4) is 0 Å². The van der Waals surface area contributed by atoms with Crippen LogP contribution in [0.25, 0.3) is 0 Å². The maximum Gasteiger partial charge on any atom is 0.0287 e. The summed E-state index contributed by atoms with van der Waals surface area (Å²) in [7, 11) is 2.10. The molecular formula is C12H23NS. The van der Waals surface area contributed by atoms with Crippen molar-refractivity contribution in [3.8, 4) is 0 Å². The summed E-state index contributed by atoms with van der Waals surface area (Å²) in [5.41, 5.74) is 0. The lowest BCUT2D eigenvalue weighted by Crippen LogP contribution is -2.44. The second-order valence-corrected chi connectivity index (χ2v) is 6.71. The number of nitrogens with one attached hydrogen (secondary N) is 1. The van der Waals surface area contributed by atoms with E-state index < -0.39 is 0 Å². The van der Waals surface area contributed by atoms with E-state index in [1.807, 2.05) is 0 Å². The molecule has 82 valence electrons. The molecule has 2 aliphatic carbocycles. The minimum Gasteiger partial charge on any atom is -0.318 e. The summed E-state index contributed by atoms with van der Waals surface area (Å²) in [6.45, 7) is 1.23. The average Bonchev–Trinajstić information content (AvgIpc) is 2.16. The van der Waals surface area contributed by atoms with Gasteiger partial charge in [-0.1, -0.05) is 25.7 Å². The fourth-order valence-electron chi connectivity index (χ4n) is 2.77. The first kappa shape index (κ1) is 10.8. The largest absolute Gasteiger partial charge is 0.318 e. The summed E-state index contributed by atoms with van der Waals surface area (Å²) in [6, 6.07) is 0. The van der Waals surface area contributed by atoms with Crippen molar-refractivity contribution in [2.24, 2.45) is 0 Å². The fourth-order valence-corrected chi connectivity index (χ4v) is 4.79. The van der Waals surface area contributed by atoms with Crippen LogP contribution in [-0.4, -0.2) is 23.6 Å². The van der Waals surface area contributed by atoms with E-state index in [1.54, 1.807) is 0 Å². The molecule has 0 radical (unpaired) electrons. The molecule has 0 amide bonds. The zero-order valence-electron chi connectivity index (χ0n) is 9.35. The van der Waals surface area contributed by atoms with Crippen LogP contribution in [0.5, 0.6) is 0 Å². The highest BCUT2D eigenvalue weighted by Gasteiger charge is 2.39. The Hall–Kier alpha value is 0.310. The van der Waals surface area contributed by atoms with Crippen LogP contribution >= 0.6 is 11.8 Å². The molecule has 0 saturated heterocycles. The molecule has 2 rings (SSSR count). The quantitative estimate of drug-likeness (QED) is 0.769. The monoisotopic (exact) mass is 213 g/mol. The molecule has 1 nitrogen and oxygen atoms in total. The molecule has 2 heteroatoms. The van der Waals surface area contributed by atoms with Crippen LogP contribution in [0.1, 0.15) is 51.4 Å². The van der Waals surface area contributed by atoms with Crippen molar-refractivity contribution < 1.29 is 0 Å². The van der Waals surface area contributed by atoms with Crippen LogP contribution in [0.2, 0.25) is 0 Å². The van der Waals surface area contributed by atoms with Crippen LogP contribution in [-0.2, 0) is 0 Å². The third-order valence-corrected chi connectivity index (χ3v) is 5.59. The van der Waals surface area contributed by atoms with Crippen LogP contribution < -0.4 is 5.32 Å². The van der Waals surface area contributed by atoms with Crippen molar-refractivity contribution >= 4 is 11.8 Å². The average molecular weight is 213 g/mol. The maximum absolute atomic E-state index is 3.38. The lowest BCUT2D eigenvalue weighted by Gasteiger charge is -2.44. The van der Waals surface area contributed by atoms with Crippen molar-refractivity contribution in [2.45, 2.75) is 61.4 Å². The Kier molecular flexibility index (Phi) is 3.78. The summed E-state index contributed by atoms with van der Waals surface area (Å²) >= 11 is 2.32. The van der Waals surface area contributed by atoms with Gasteiger partial charge in [0.25, 0.3) is 0 Å². The number of thioether (sulfide) groups is 1. The zero-order chi connectivity index (χ0) is 9.86. The molecule has 0 bridgehead atoms. The first-order valence-corrected chi connectivity index (χ1v) is 7.05. The van der Waals surface area contributed by atoms with Crippen molar-refractivity contribution in [2.75, 3.05) is 13.6 Å². The predicted molar refractivity (Wildman–Crippen MR) is 65.0 cm³/mol. The smallest absolute Gasteiger partial charge is 0.0287 e. The number of hydrogen-bond donors (Lipinski definition) is 1. The van der Waals surface area contributed by atoms with Crippen LogP contribution in [0, 0.1) is 0 Å². The highest BCUT2D eigenvalue weighted by molar-refractivity contribution is 8.01. The summed E-state index contributed by atoms with van der Waals surface area (Å²) in [4.78, 5) is 0. The minimum atomic E-state index is 0.636. The van der Waals surface area contributed by atoms with Gasteiger partial charge >= 0.3 is 0 Å². The van der Waals surface area contributed by atoms with E-state index in [2.05, 4.69) is 24.1 Å². The fraction of sp³-hybridized carbons (Fsp3) is 1.00. The van der Waals surface area contributed by atoms with E-state index in [0.717, 1.165) is 5.25 Å². The molecule has 0 heterocycles. The van der Waals surface area contributed by atoms with Crippen molar-refractivity contribution in [3.63, 3.8) is 0 Å². The molecule has 0 unspecified atom stereocenters. The molecule has 0 spiro atoms. The zero-order valence-corrected chi connectivity index (χ0v) is 10.2. The molecule has 2 aliphatic rings. The van der Waals surface area contributed by atoms with E-state index in [4.69, 9.17) is 0 Å². The normalized spacial score (nSPS) is 27.2. The Morgan fingerprint density at radius 1 is 1.14 bits per heavy atom. The van der Waals surface area contributed by atoms with Gasteiger partial charge in [0.1, 0.15) is 0 Å². The highest BCUT2D eigenvalue weighted by atomic mass is 32.2. The molecular weight excluding hydrogens is 190 g/mol. The minimum absolute atomic E-state index is 0.636. The van der Waals surface area contributed by atoms with Gasteiger partial charge in [-0.15, -0.1) is 0 Å². The van der Waals surface area contributed by atoms with Gasteiger partial charge in [-0.2, -0.15) is 11.8 Å². The molecule has 0 aliphatic heterocycles. The molecule has 0 atom stereocenters. The molecule has 1 N–H and O–H groups in total. The summed E-state index contributed by atoms with van der Waals surface area (Å²) in [6.07, 6.45) is 11.8. The lowest BCUT2D eigenvalue weighted by molar-refractivity contribution is 0.349. The first-order valence-electron chi connectivity index (χ1n) is 6.17. The summed E-state index contributed by atoms with van der Waals surface area (Å²) < 4.78 is 0.636. The topological polar surface area (TPSA) is 12.0 Å². The van der Waals surface area contributed by atoms with Gasteiger partial charge < -0.3 is 5.32 Å². The lowest BCUT2D eigenvalue weighted by atomic mass is 9.84. The Bertz CT molecular complexity index is 171. The third-order valence-electron chi connectivity index (χ3n) is 3.73. The Labute approximate surface area is 92.4 Å². The van der Waals surface area contributed by atoms with Gasteiger partial charge in [0.2, 0.25) is 0 Å². The highest BCUT2D eigenvalue weighted by Crippen LogP contribution is 2.48. The van der Waals surface area contributed by atoms with E-state index in [1.165, 1.54) is 57.9 Å². The van der Waals surface area contributed by atoms with E-state index in [0.29, 0.717) is 4.75 Å². The number of hydrogen-bond acceptors (Lipinski definition) is 2. The molecule has 2 fully saturated rings. The van der Waals surface area contributed by atoms with Gasteiger partial charge in [0.05, 0.1) is 0 Å². The Morgan fingerprint density at radius 3 is 2.36 bits per heavy atom. The van der Waals surface area contributed by atoms with Crippen LogP contribution in [0.15, 0.2) is 0 Å². The van der Waals surface area contributed by atoms with Gasteiger partial charge in [0, 0.05) is 16.5 Å². The Balaban J connectivity index is 1.80. The van der Waals surface area contributed by atoms with Crippen molar-refractivity contribution in [1.82, 2.24) is 5.32 Å². The molecule has 0 aromatic rings. The van der Waals surface area contributed by atoms with Crippen molar-refractivity contribution in [3.05, 3.63) is 0 Å². The SMILES string of the molecule is CNCC1(SC2CCCCC2)CCC1. The van der Waals surface area contributed by atoms with Gasteiger partial charge in [-0.3, -0.25) is 0 Å². The first-order chi connectivity index (χ1) is 6.85. The summed E-state index contributed by atoms with van der Waals surface area (Å²) in [5, 5.41) is 4.36. The van der Waals surface area contributed by atoms with Gasteiger partial charge in [-0.25, -0.2) is 0 Å². The summed E-state index contributed by atoms with van der Waals surface area (Å²) in [5.74, 6) is 0. The second-order valence-electron chi connectivity index (χ2n) is 4.94. The van der Waals surface area contributed by atoms with Gasteiger partial charge in [0.15, 0.2) is 0 Å². The standard InChI is InChI=1S/C12H23NS/c1-13-10-12(8-5-9-12)14-11-6-3-2-4-7-11/h11,13H,2-10H2,1H3. The number of rotatable bonds is 4. The van der Waals surface area contributed by atoms with E-state index >= 15 is 0 Å². The maximum atomic E-state index is 3.38. The second kappa shape index (κ2) is 4.89. The molecule has 0 aromatic heterocycles. The van der Waals surface area contributed by atoms with Crippen LogP contribution in [0.4, 0.5) is 0 Å². The Morgan fingerprint density at radius 2 is 1.86 bits per heavy atom. The van der Waals surface area contributed by atoms with Crippen molar-refractivity contribution in [1.29, 1.82) is 0 Å².